The van der Waals surface area contributed by atoms with Crippen molar-refractivity contribution in [2.45, 2.75) is 13.1 Å². The maximum Gasteiger partial charge on any atom is 0.418 e. The fraction of sp³-hybridized carbons (Fsp3) is 0.316. The standard InChI is InChI=1S/C19H22F3N4O2P/c1-5-23-14-9-16(26-18-17(14)12(10-24-18)19(20,21)22)25-13-7-6-11(29(3,4)27)8-15(13)28-2/h6-10H,5H2,1-4H3,(H3,23,24,25,26). The van der Waals surface area contributed by atoms with Crippen LogP contribution in [0.4, 0.5) is 30.4 Å². The zero-order valence-corrected chi connectivity index (χ0v) is 17.3. The fourth-order valence-corrected chi connectivity index (χ4v) is 3.87. The molecule has 0 aliphatic carbocycles. The van der Waals surface area contributed by atoms with Gasteiger partial charge in [-0.25, -0.2) is 4.98 Å². The number of hydrogen-bond donors (Lipinski definition) is 3. The predicted molar refractivity (Wildman–Crippen MR) is 111 cm³/mol. The lowest BCUT2D eigenvalue weighted by Crippen LogP contribution is -2.07. The molecule has 0 fully saturated rings. The number of nitrogens with one attached hydrogen (secondary N) is 3. The topological polar surface area (TPSA) is 79.0 Å². The highest BCUT2D eigenvalue weighted by atomic mass is 31.2. The maximum atomic E-state index is 13.3. The molecule has 1 aromatic carbocycles. The van der Waals surface area contributed by atoms with Crippen molar-refractivity contribution < 1.29 is 22.5 Å². The van der Waals surface area contributed by atoms with Gasteiger partial charge in [-0.15, -0.1) is 0 Å². The molecule has 3 rings (SSSR count). The van der Waals surface area contributed by atoms with E-state index in [1.54, 1.807) is 38.5 Å². The van der Waals surface area contributed by atoms with Crippen LogP contribution in [-0.4, -0.2) is 37.0 Å². The molecule has 0 aliphatic heterocycles. The summed E-state index contributed by atoms with van der Waals surface area (Å²) in [4.78, 5) is 6.88. The highest BCUT2D eigenvalue weighted by Gasteiger charge is 2.35. The number of fused-ring (bicyclic) bond motifs is 1. The molecule has 0 saturated heterocycles. The van der Waals surface area contributed by atoms with Crippen molar-refractivity contribution >= 4 is 40.7 Å². The zero-order valence-electron chi connectivity index (χ0n) is 16.4. The van der Waals surface area contributed by atoms with Gasteiger partial charge in [0.15, 0.2) is 0 Å². The first-order chi connectivity index (χ1) is 13.5. The third-order valence-electron chi connectivity index (χ3n) is 4.38. The third kappa shape index (κ3) is 4.34. The summed E-state index contributed by atoms with van der Waals surface area (Å²) in [5, 5.41) is 6.69. The molecule has 0 atom stereocenters. The van der Waals surface area contributed by atoms with E-state index in [1.807, 2.05) is 0 Å². The number of H-pyrrole nitrogens is 1. The molecule has 0 aliphatic rings. The molecule has 2 aromatic heterocycles. The Labute approximate surface area is 166 Å². The van der Waals surface area contributed by atoms with Gasteiger partial charge in [0.1, 0.15) is 24.4 Å². The van der Waals surface area contributed by atoms with Gasteiger partial charge in [0.2, 0.25) is 0 Å². The average molecular weight is 426 g/mol. The van der Waals surface area contributed by atoms with E-state index in [9.17, 15) is 17.7 Å². The molecule has 0 amide bonds. The molecule has 0 radical (unpaired) electrons. The summed E-state index contributed by atoms with van der Waals surface area (Å²) >= 11 is 0. The van der Waals surface area contributed by atoms with Crippen LogP contribution in [-0.2, 0) is 10.7 Å². The number of nitrogens with zero attached hydrogens (tertiary/aromatic N) is 1. The van der Waals surface area contributed by atoms with Crippen molar-refractivity contribution in [3.8, 4) is 5.75 Å². The van der Waals surface area contributed by atoms with Crippen LogP contribution in [0.5, 0.6) is 5.75 Å². The minimum atomic E-state index is -4.49. The lowest BCUT2D eigenvalue weighted by Gasteiger charge is -2.16. The van der Waals surface area contributed by atoms with E-state index in [4.69, 9.17) is 4.74 Å². The summed E-state index contributed by atoms with van der Waals surface area (Å²) in [6, 6.07) is 6.64. The number of benzene rings is 1. The lowest BCUT2D eigenvalue weighted by molar-refractivity contribution is -0.136. The Hall–Kier alpha value is -2.67. The SMILES string of the molecule is CCNc1cc(Nc2ccc(P(C)(C)=O)cc2OC)nc2[nH]cc(C(F)(F)F)c12. The monoisotopic (exact) mass is 426 g/mol. The molecule has 10 heteroatoms. The summed E-state index contributed by atoms with van der Waals surface area (Å²) in [6.45, 7) is 5.57. The molecule has 0 saturated carbocycles. The summed E-state index contributed by atoms with van der Waals surface area (Å²) in [6.07, 6.45) is -3.58. The van der Waals surface area contributed by atoms with Gasteiger partial charge in [0, 0.05) is 29.8 Å². The van der Waals surface area contributed by atoms with Crippen LogP contribution >= 0.6 is 7.14 Å². The molecule has 3 N–H and O–H groups in total. The van der Waals surface area contributed by atoms with Gasteiger partial charge in [-0.3, -0.25) is 0 Å². The summed E-state index contributed by atoms with van der Waals surface area (Å²) in [7, 11) is -0.980. The first kappa shape index (κ1) is 21.0. The Morgan fingerprint density at radius 2 is 1.93 bits per heavy atom. The van der Waals surface area contributed by atoms with Crippen LogP contribution in [0.15, 0.2) is 30.5 Å². The number of aromatic amines is 1. The van der Waals surface area contributed by atoms with Crippen molar-refractivity contribution in [1.82, 2.24) is 9.97 Å². The van der Waals surface area contributed by atoms with E-state index in [1.165, 1.54) is 13.2 Å². The summed E-state index contributed by atoms with van der Waals surface area (Å²) < 4.78 is 57.7. The van der Waals surface area contributed by atoms with E-state index in [0.717, 1.165) is 6.20 Å². The van der Waals surface area contributed by atoms with Gasteiger partial charge in [-0.2, -0.15) is 13.2 Å². The number of pyridine rings is 1. The Balaban J connectivity index is 2.06. The molecule has 0 spiro atoms. The minimum absolute atomic E-state index is 0.00915. The van der Waals surface area contributed by atoms with Gasteiger partial charge in [-0.05, 0) is 38.5 Å². The average Bonchev–Trinajstić information content (AvgIpc) is 3.06. The van der Waals surface area contributed by atoms with E-state index in [0.29, 0.717) is 34.8 Å². The van der Waals surface area contributed by atoms with Gasteiger partial charge < -0.3 is 24.9 Å². The minimum Gasteiger partial charge on any atom is -0.495 e. The van der Waals surface area contributed by atoms with Gasteiger partial charge >= 0.3 is 6.18 Å². The van der Waals surface area contributed by atoms with E-state index < -0.39 is 18.9 Å². The molecule has 6 nitrogen and oxygen atoms in total. The molecule has 3 aromatic rings. The van der Waals surface area contributed by atoms with Crippen LogP contribution < -0.4 is 20.7 Å². The van der Waals surface area contributed by atoms with E-state index in [2.05, 4.69) is 20.6 Å². The number of halogens is 3. The molecular formula is C19H22F3N4O2P. The van der Waals surface area contributed by atoms with Gasteiger partial charge in [0.25, 0.3) is 0 Å². The van der Waals surface area contributed by atoms with Crippen molar-refractivity contribution in [2.75, 3.05) is 37.6 Å². The molecular weight excluding hydrogens is 404 g/mol. The number of ether oxygens (including phenoxy) is 1. The Morgan fingerprint density at radius 3 is 2.52 bits per heavy atom. The first-order valence-electron chi connectivity index (χ1n) is 8.88. The quantitative estimate of drug-likeness (QED) is 0.483. The van der Waals surface area contributed by atoms with E-state index >= 15 is 0 Å². The Bertz CT molecular complexity index is 1090. The number of methoxy groups -OCH3 is 1. The van der Waals surface area contributed by atoms with Crippen LogP contribution in [0.3, 0.4) is 0 Å². The first-order valence-corrected chi connectivity index (χ1v) is 11.5. The second-order valence-corrected chi connectivity index (χ2v) is 10.1. The molecule has 2 heterocycles. The number of rotatable bonds is 6. The van der Waals surface area contributed by atoms with Crippen molar-refractivity contribution in [2.24, 2.45) is 0 Å². The molecule has 0 unspecified atom stereocenters. The zero-order chi connectivity index (χ0) is 21.4. The van der Waals surface area contributed by atoms with Crippen LogP contribution in [0.2, 0.25) is 0 Å². The normalized spacial score (nSPS) is 12.2. The predicted octanol–water partition coefficient (Wildman–Crippen LogP) is 5.01. The molecule has 0 bridgehead atoms. The Morgan fingerprint density at radius 1 is 1.21 bits per heavy atom. The molecule has 156 valence electrons. The van der Waals surface area contributed by atoms with Crippen molar-refractivity contribution in [3.63, 3.8) is 0 Å². The highest BCUT2D eigenvalue weighted by molar-refractivity contribution is 7.70. The Kier molecular flexibility index (Phi) is 5.54. The third-order valence-corrected chi connectivity index (χ3v) is 5.91. The fourth-order valence-electron chi connectivity index (χ4n) is 3.01. The second-order valence-electron chi connectivity index (χ2n) is 6.87. The largest absolute Gasteiger partial charge is 0.495 e. The van der Waals surface area contributed by atoms with E-state index in [-0.39, 0.29) is 11.0 Å². The smallest absolute Gasteiger partial charge is 0.418 e. The lowest BCUT2D eigenvalue weighted by atomic mass is 10.1. The second kappa shape index (κ2) is 7.63. The summed E-state index contributed by atoms with van der Waals surface area (Å²) in [5.74, 6) is 0.798. The highest BCUT2D eigenvalue weighted by Crippen LogP contribution is 2.40. The van der Waals surface area contributed by atoms with Crippen LogP contribution in [0.1, 0.15) is 12.5 Å². The van der Waals surface area contributed by atoms with Crippen LogP contribution in [0, 0.1) is 0 Å². The van der Waals surface area contributed by atoms with Gasteiger partial charge in [0.05, 0.1) is 23.7 Å². The summed E-state index contributed by atoms with van der Waals surface area (Å²) in [5.41, 5.74) is 0.212. The van der Waals surface area contributed by atoms with Crippen molar-refractivity contribution in [1.29, 1.82) is 0 Å². The number of alkyl halides is 3. The number of hydrogen-bond acceptors (Lipinski definition) is 5. The molecule has 29 heavy (non-hydrogen) atoms. The number of anilines is 3. The van der Waals surface area contributed by atoms with Crippen molar-refractivity contribution in [3.05, 3.63) is 36.0 Å². The maximum absolute atomic E-state index is 13.3. The van der Waals surface area contributed by atoms with Gasteiger partial charge in [-0.1, -0.05) is 0 Å². The van der Waals surface area contributed by atoms with Crippen LogP contribution in [0.25, 0.3) is 11.0 Å². The number of aromatic nitrogens is 2.